The smallest absolute Gasteiger partial charge is 0.246 e. The molecule has 1 amide bonds. The van der Waals surface area contributed by atoms with Crippen molar-refractivity contribution < 1.29 is 14.1 Å². The van der Waals surface area contributed by atoms with Crippen LogP contribution in [0.25, 0.3) is 11.0 Å². The van der Waals surface area contributed by atoms with Gasteiger partial charge in [0.25, 0.3) is 0 Å². The minimum absolute atomic E-state index is 0.0174. The second-order valence-corrected chi connectivity index (χ2v) is 5.73. The molecule has 124 valence electrons. The van der Waals surface area contributed by atoms with Gasteiger partial charge in [-0.3, -0.25) is 4.79 Å². The summed E-state index contributed by atoms with van der Waals surface area (Å²) in [4.78, 5) is 23.3. The number of hydrogen-bond acceptors (Lipinski definition) is 6. The molecule has 1 saturated heterocycles. The Labute approximate surface area is 138 Å². The van der Waals surface area contributed by atoms with Gasteiger partial charge in [-0.05, 0) is 19.1 Å². The van der Waals surface area contributed by atoms with E-state index in [1.807, 2.05) is 35.8 Å². The van der Waals surface area contributed by atoms with E-state index in [1.54, 1.807) is 11.2 Å². The Balaban J connectivity index is 1.64. The van der Waals surface area contributed by atoms with Crippen LogP contribution in [-0.2, 0) is 9.53 Å². The summed E-state index contributed by atoms with van der Waals surface area (Å²) in [6.45, 7) is 3.23. The van der Waals surface area contributed by atoms with Gasteiger partial charge in [0.1, 0.15) is 12.1 Å². The van der Waals surface area contributed by atoms with Gasteiger partial charge >= 0.3 is 0 Å². The highest BCUT2D eigenvalue weighted by atomic mass is 16.5. The highest BCUT2D eigenvalue weighted by Gasteiger charge is 2.34. The highest BCUT2D eigenvalue weighted by Crippen LogP contribution is 2.26. The molecule has 0 radical (unpaired) electrons. The summed E-state index contributed by atoms with van der Waals surface area (Å²) in [6, 6.07) is 7.05. The summed E-state index contributed by atoms with van der Waals surface area (Å²) in [6.07, 6.45) is 2.97. The number of aromatic nitrogens is 4. The first kappa shape index (κ1) is 14.8. The van der Waals surface area contributed by atoms with Crippen molar-refractivity contribution in [1.82, 2.24) is 24.6 Å². The van der Waals surface area contributed by atoms with Gasteiger partial charge in [-0.25, -0.2) is 4.98 Å². The molecule has 1 aromatic carbocycles. The summed E-state index contributed by atoms with van der Waals surface area (Å²) < 4.78 is 12.2. The quantitative estimate of drug-likeness (QED) is 0.726. The van der Waals surface area contributed by atoms with Crippen molar-refractivity contribution in [2.45, 2.75) is 19.0 Å². The standard InChI is InChI=1S/C16H17N5O3/c1-11(21-9-17-12-4-2-3-5-13(12)21)16(22)20-6-7-23-8-14(20)15-18-10-24-19-15/h2-5,9-11,14H,6-8H2,1H3. The van der Waals surface area contributed by atoms with Crippen LogP contribution in [0.15, 0.2) is 41.5 Å². The zero-order valence-electron chi connectivity index (χ0n) is 13.2. The second-order valence-electron chi connectivity index (χ2n) is 5.73. The number of amides is 1. The monoisotopic (exact) mass is 327 g/mol. The number of benzene rings is 1. The molecule has 4 rings (SSSR count). The first-order chi connectivity index (χ1) is 11.8. The van der Waals surface area contributed by atoms with Crippen LogP contribution in [0.3, 0.4) is 0 Å². The van der Waals surface area contributed by atoms with E-state index in [1.165, 1.54) is 6.39 Å². The van der Waals surface area contributed by atoms with Crippen LogP contribution in [0.1, 0.15) is 24.8 Å². The zero-order chi connectivity index (χ0) is 16.5. The number of para-hydroxylation sites is 2. The van der Waals surface area contributed by atoms with E-state index < -0.39 is 0 Å². The van der Waals surface area contributed by atoms with Crippen LogP contribution in [0.2, 0.25) is 0 Å². The van der Waals surface area contributed by atoms with Crippen LogP contribution < -0.4 is 0 Å². The number of carbonyl (C=O) groups excluding carboxylic acids is 1. The van der Waals surface area contributed by atoms with Crippen LogP contribution in [0.4, 0.5) is 0 Å². The lowest BCUT2D eigenvalue weighted by atomic mass is 10.1. The van der Waals surface area contributed by atoms with Crippen LogP contribution in [-0.4, -0.2) is 50.3 Å². The highest BCUT2D eigenvalue weighted by molar-refractivity contribution is 5.84. The van der Waals surface area contributed by atoms with E-state index in [2.05, 4.69) is 15.1 Å². The number of rotatable bonds is 3. The van der Waals surface area contributed by atoms with Gasteiger partial charge < -0.3 is 18.7 Å². The fourth-order valence-electron chi connectivity index (χ4n) is 3.05. The molecular formula is C16H17N5O3. The fourth-order valence-corrected chi connectivity index (χ4v) is 3.05. The lowest BCUT2D eigenvalue weighted by molar-refractivity contribution is -0.143. The predicted octanol–water partition coefficient (Wildman–Crippen LogP) is 1.58. The third-order valence-electron chi connectivity index (χ3n) is 4.34. The van der Waals surface area contributed by atoms with Gasteiger partial charge in [0.15, 0.2) is 5.82 Å². The van der Waals surface area contributed by atoms with Gasteiger partial charge in [-0.2, -0.15) is 4.98 Å². The molecule has 1 fully saturated rings. The average molecular weight is 327 g/mol. The van der Waals surface area contributed by atoms with Crippen molar-refractivity contribution >= 4 is 16.9 Å². The van der Waals surface area contributed by atoms with Gasteiger partial charge in [-0.1, -0.05) is 17.3 Å². The molecule has 2 aromatic heterocycles. The molecule has 8 nitrogen and oxygen atoms in total. The van der Waals surface area contributed by atoms with Crippen molar-refractivity contribution in [3.63, 3.8) is 0 Å². The molecule has 2 atom stereocenters. The van der Waals surface area contributed by atoms with Gasteiger partial charge in [0.2, 0.25) is 12.3 Å². The maximum Gasteiger partial charge on any atom is 0.246 e. The minimum Gasteiger partial charge on any atom is -0.377 e. The summed E-state index contributed by atoms with van der Waals surface area (Å²) in [7, 11) is 0. The van der Waals surface area contributed by atoms with E-state index in [4.69, 9.17) is 9.26 Å². The number of carbonyl (C=O) groups is 1. The lowest BCUT2D eigenvalue weighted by Crippen LogP contribution is -2.46. The summed E-state index contributed by atoms with van der Waals surface area (Å²) in [5.41, 5.74) is 1.80. The number of imidazole rings is 1. The third-order valence-corrected chi connectivity index (χ3v) is 4.34. The Morgan fingerprint density at radius 1 is 1.33 bits per heavy atom. The Hall–Kier alpha value is -2.74. The molecule has 0 aliphatic carbocycles. The number of ether oxygens (including phenoxy) is 1. The molecule has 1 aliphatic heterocycles. The molecule has 24 heavy (non-hydrogen) atoms. The van der Waals surface area contributed by atoms with Gasteiger partial charge in [0.05, 0.1) is 30.6 Å². The van der Waals surface area contributed by atoms with Crippen LogP contribution >= 0.6 is 0 Å². The fraction of sp³-hybridized carbons (Fsp3) is 0.375. The molecule has 0 saturated carbocycles. The second kappa shape index (κ2) is 6.04. The van der Waals surface area contributed by atoms with E-state index in [0.717, 1.165) is 11.0 Å². The lowest BCUT2D eigenvalue weighted by Gasteiger charge is -2.35. The van der Waals surface area contributed by atoms with Crippen molar-refractivity contribution in [3.05, 3.63) is 42.8 Å². The SMILES string of the molecule is CC(C(=O)N1CCOCC1c1ncon1)n1cnc2ccccc21. The van der Waals surface area contributed by atoms with E-state index in [0.29, 0.717) is 25.6 Å². The largest absolute Gasteiger partial charge is 0.377 e. The number of nitrogens with zero attached hydrogens (tertiary/aromatic N) is 5. The number of fused-ring (bicyclic) bond motifs is 1. The maximum absolute atomic E-state index is 13.1. The Morgan fingerprint density at radius 2 is 2.21 bits per heavy atom. The molecule has 3 aromatic rings. The average Bonchev–Trinajstić information content (AvgIpc) is 3.30. The van der Waals surface area contributed by atoms with Crippen molar-refractivity contribution in [1.29, 1.82) is 0 Å². The van der Waals surface area contributed by atoms with Crippen molar-refractivity contribution in [3.8, 4) is 0 Å². The number of hydrogen-bond donors (Lipinski definition) is 0. The van der Waals surface area contributed by atoms with E-state index in [9.17, 15) is 4.79 Å². The van der Waals surface area contributed by atoms with Gasteiger partial charge in [-0.15, -0.1) is 0 Å². The first-order valence-corrected chi connectivity index (χ1v) is 7.82. The van der Waals surface area contributed by atoms with Crippen LogP contribution in [0.5, 0.6) is 0 Å². The van der Waals surface area contributed by atoms with Crippen LogP contribution in [0, 0.1) is 0 Å². The molecule has 8 heteroatoms. The molecule has 0 spiro atoms. The van der Waals surface area contributed by atoms with Crippen molar-refractivity contribution in [2.75, 3.05) is 19.8 Å². The first-order valence-electron chi connectivity index (χ1n) is 7.82. The predicted molar refractivity (Wildman–Crippen MR) is 84.0 cm³/mol. The molecule has 3 heterocycles. The van der Waals surface area contributed by atoms with E-state index >= 15 is 0 Å². The third kappa shape index (κ3) is 2.44. The minimum atomic E-state index is -0.384. The summed E-state index contributed by atoms with van der Waals surface area (Å²) in [5.74, 6) is 0.446. The maximum atomic E-state index is 13.1. The topological polar surface area (TPSA) is 86.3 Å². The van der Waals surface area contributed by atoms with E-state index in [-0.39, 0.29) is 18.0 Å². The van der Waals surface area contributed by atoms with Gasteiger partial charge in [0, 0.05) is 6.54 Å². The Kier molecular flexibility index (Phi) is 3.73. The Bertz CT molecular complexity index is 844. The molecular weight excluding hydrogens is 310 g/mol. The molecule has 2 unspecified atom stereocenters. The number of morpholine rings is 1. The normalized spacial score (nSPS) is 19.5. The molecule has 1 aliphatic rings. The van der Waals surface area contributed by atoms with Crippen molar-refractivity contribution in [2.24, 2.45) is 0 Å². The molecule has 0 N–H and O–H groups in total. The zero-order valence-corrected chi connectivity index (χ0v) is 13.2. The summed E-state index contributed by atoms with van der Waals surface area (Å²) >= 11 is 0. The summed E-state index contributed by atoms with van der Waals surface area (Å²) in [5, 5.41) is 3.87. The molecule has 0 bridgehead atoms. The Morgan fingerprint density at radius 3 is 3.04 bits per heavy atom.